The quantitative estimate of drug-likeness (QED) is 0.430. The summed E-state index contributed by atoms with van der Waals surface area (Å²) in [5.41, 5.74) is 10.6. The molecule has 2 atom stereocenters. The van der Waals surface area contributed by atoms with E-state index in [0.29, 0.717) is 5.56 Å². The number of hydrogen-bond acceptors (Lipinski definition) is 4. The summed E-state index contributed by atoms with van der Waals surface area (Å²) < 4.78 is 0. The van der Waals surface area contributed by atoms with Crippen molar-refractivity contribution < 1.29 is 10.2 Å². The van der Waals surface area contributed by atoms with Gasteiger partial charge in [0.05, 0.1) is 6.04 Å². The van der Waals surface area contributed by atoms with E-state index in [1.54, 1.807) is 24.3 Å². The lowest BCUT2D eigenvalue weighted by atomic mass is 9.86. The molecule has 0 aliphatic heterocycles. The molecule has 0 saturated carbocycles. The average Bonchev–Trinajstić information content (AvgIpc) is 2.11. The number of phenolic OH excluding ortho intramolecular Hbond substituents is 1. The minimum atomic E-state index is -1.70. The second-order valence-electron chi connectivity index (χ2n) is 3.45. The zero-order chi connectivity index (χ0) is 10.3. The van der Waals surface area contributed by atoms with Crippen LogP contribution < -0.4 is 11.5 Å². The largest absolute Gasteiger partial charge is 0.507 e. The van der Waals surface area contributed by atoms with Gasteiger partial charge in [-0.25, -0.2) is 0 Å². The lowest BCUT2D eigenvalue weighted by molar-refractivity contribution is 0.0268. The van der Waals surface area contributed by atoms with Crippen LogP contribution in [-0.2, 0) is 5.72 Å². The molecule has 1 aromatic carbocycles. The predicted molar refractivity (Wildman–Crippen MR) is 53.2 cm³/mol. The van der Waals surface area contributed by atoms with E-state index in [2.05, 4.69) is 0 Å². The number of aromatic hydroxyl groups is 1. The molecule has 0 saturated heterocycles. The molecular formula is C10H12N2O2. The molecule has 2 unspecified atom stereocenters. The van der Waals surface area contributed by atoms with Crippen molar-refractivity contribution in [1.82, 2.24) is 0 Å². The van der Waals surface area contributed by atoms with E-state index in [4.69, 9.17) is 11.5 Å². The SMILES string of the molecule is NC1C=Cc2cccc(O)c2C1(N)O. The minimum Gasteiger partial charge on any atom is -0.507 e. The van der Waals surface area contributed by atoms with Crippen LogP contribution in [0.5, 0.6) is 5.75 Å². The van der Waals surface area contributed by atoms with Crippen LogP contribution in [0.25, 0.3) is 6.08 Å². The molecule has 4 heteroatoms. The smallest absolute Gasteiger partial charge is 0.162 e. The summed E-state index contributed by atoms with van der Waals surface area (Å²) in [6, 6.07) is 4.21. The van der Waals surface area contributed by atoms with Crippen LogP contribution in [0, 0.1) is 0 Å². The van der Waals surface area contributed by atoms with Crippen molar-refractivity contribution in [3.8, 4) is 5.75 Å². The highest BCUT2D eigenvalue weighted by atomic mass is 16.3. The zero-order valence-electron chi connectivity index (χ0n) is 7.51. The summed E-state index contributed by atoms with van der Waals surface area (Å²) in [6.07, 6.45) is 3.35. The molecule has 14 heavy (non-hydrogen) atoms. The van der Waals surface area contributed by atoms with E-state index in [1.165, 1.54) is 6.07 Å². The third-order valence-corrected chi connectivity index (χ3v) is 2.47. The molecule has 1 aliphatic rings. The second kappa shape index (κ2) is 2.81. The summed E-state index contributed by atoms with van der Waals surface area (Å²) >= 11 is 0. The van der Waals surface area contributed by atoms with Crippen LogP contribution in [0.3, 0.4) is 0 Å². The van der Waals surface area contributed by atoms with E-state index >= 15 is 0 Å². The first kappa shape index (κ1) is 9.21. The second-order valence-corrected chi connectivity index (χ2v) is 3.45. The lowest BCUT2D eigenvalue weighted by Crippen LogP contribution is -2.53. The van der Waals surface area contributed by atoms with Gasteiger partial charge in [0.25, 0.3) is 0 Å². The normalized spacial score (nSPS) is 30.1. The van der Waals surface area contributed by atoms with Gasteiger partial charge in [-0.15, -0.1) is 0 Å². The van der Waals surface area contributed by atoms with Gasteiger partial charge in [-0.05, 0) is 11.6 Å². The highest BCUT2D eigenvalue weighted by molar-refractivity contribution is 5.63. The van der Waals surface area contributed by atoms with Gasteiger partial charge in [0.1, 0.15) is 5.75 Å². The van der Waals surface area contributed by atoms with E-state index in [-0.39, 0.29) is 11.3 Å². The topological polar surface area (TPSA) is 92.5 Å². The maximum Gasteiger partial charge on any atom is 0.162 e. The van der Waals surface area contributed by atoms with Crippen molar-refractivity contribution in [2.24, 2.45) is 11.5 Å². The van der Waals surface area contributed by atoms with Gasteiger partial charge < -0.3 is 15.9 Å². The van der Waals surface area contributed by atoms with Crippen LogP contribution in [0.2, 0.25) is 0 Å². The highest BCUT2D eigenvalue weighted by Crippen LogP contribution is 2.34. The van der Waals surface area contributed by atoms with E-state index in [0.717, 1.165) is 0 Å². The fourth-order valence-electron chi connectivity index (χ4n) is 1.65. The first-order chi connectivity index (χ1) is 6.53. The Balaban J connectivity index is 2.69. The lowest BCUT2D eigenvalue weighted by Gasteiger charge is -2.33. The summed E-state index contributed by atoms with van der Waals surface area (Å²) in [6.45, 7) is 0. The van der Waals surface area contributed by atoms with Gasteiger partial charge in [-0.2, -0.15) is 0 Å². The number of rotatable bonds is 0. The average molecular weight is 192 g/mol. The molecule has 2 rings (SSSR count). The summed E-state index contributed by atoms with van der Waals surface area (Å²) in [5.74, 6) is -0.0349. The summed E-state index contributed by atoms with van der Waals surface area (Å²) in [7, 11) is 0. The molecule has 0 heterocycles. The molecule has 0 radical (unpaired) electrons. The van der Waals surface area contributed by atoms with Crippen molar-refractivity contribution >= 4 is 6.08 Å². The fraction of sp³-hybridized carbons (Fsp3) is 0.200. The molecule has 0 fully saturated rings. The number of benzene rings is 1. The van der Waals surface area contributed by atoms with Crippen molar-refractivity contribution in [1.29, 1.82) is 0 Å². The predicted octanol–water partition coefficient (Wildman–Crippen LogP) is -0.150. The van der Waals surface area contributed by atoms with Crippen LogP contribution in [0.4, 0.5) is 0 Å². The maximum atomic E-state index is 9.92. The summed E-state index contributed by atoms with van der Waals surface area (Å²) in [4.78, 5) is 0. The molecule has 0 aromatic heterocycles. The third kappa shape index (κ3) is 1.13. The zero-order valence-corrected chi connectivity index (χ0v) is 7.51. The van der Waals surface area contributed by atoms with Gasteiger partial charge in [-0.1, -0.05) is 24.3 Å². The number of hydrogen-bond donors (Lipinski definition) is 4. The first-order valence-electron chi connectivity index (χ1n) is 4.31. The Kier molecular flexibility index (Phi) is 1.85. The third-order valence-electron chi connectivity index (χ3n) is 2.47. The standard InChI is InChI=1S/C10H12N2O2/c11-8-5-4-6-2-1-3-7(13)9(6)10(8,12)14/h1-5,8,13-14H,11-12H2. The highest BCUT2D eigenvalue weighted by Gasteiger charge is 2.36. The molecular weight excluding hydrogens is 180 g/mol. The van der Waals surface area contributed by atoms with Gasteiger partial charge >= 0.3 is 0 Å². The van der Waals surface area contributed by atoms with Crippen LogP contribution >= 0.6 is 0 Å². The van der Waals surface area contributed by atoms with Gasteiger partial charge in [0.2, 0.25) is 0 Å². The van der Waals surface area contributed by atoms with Gasteiger partial charge in [-0.3, -0.25) is 5.73 Å². The Morgan fingerprint density at radius 1 is 1.36 bits per heavy atom. The fourth-order valence-corrected chi connectivity index (χ4v) is 1.65. The molecule has 1 aliphatic carbocycles. The Labute approximate surface area is 81.5 Å². The van der Waals surface area contributed by atoms with Gasteiger partial charge in [0, 0.05) is 5.56 Å². The molecule has 74 valence electrons. The monoisotopic (exact) mass is 192 g/mol. The number of fused-ring (bicyclic) bond motifs is 1. The van der Waals surface area contributed by atoms with Crippen molar-refractivity contribution in [2.75, 3.05) is 0 Å². The Morgan fingerprint density at radius 2 is 2.07 bits per heavy atom. The minimum absolute atomic E-state index is 0.0349. The van der Waals surface area contributed by atoms with Crippen molar-refractivity contribution in [3.63, 3.8) is 0 Å². The Bertz CT molecular complexity index is 399. The van der Waals surface area contributed by atoms with E-state index < -0.39 is 11.8 Å². The Hall–Kier alpha value is -1.36. The number of phenols is 1. The van der Waals surface area contributed by atoms with Crippen molar-refractivity contribution in [3.05, 3.63) is 35.4 Å². The maximum absolute atomic E-state index is 9.92. The number of nitrogens with two attached hydrogens (primary N) is 2. The van der Waals surface area contributed by atoms with Gasteiger partial charge in [0.15, 0.2) is 5.72 Å². The van der Waals surface area contributed by atoms with E-state index in [1.807, 2.05) is 0 Å². The molecule has 0 spiro atoms. The summed E-state index contributed by atoms with van der Waals surface area (Å²) in [5, 5.41) is 19.5. The van der Waals surface area contributed by atoms with Crippen molar-refractivity contribution in [2.45, 2.75) is 11.8 Å². The molecule has 0 bridgehead atoms. The van der Waals surface area contributed by atoms with Crippen LogP contribution in [0.1, 0.15) is 11.1 Å². The van der Waals surface area contributed by atoms with E-state index in [9.17, 15) is 10.2 Å². The molecule has 0 amide bonds. The first-order valence-corrected chi connectivity index (χ1v) is 4.31. The molecule has 4 nitrogen and oxygen atoms in total. The molecule has 1 aromatic rings. The van der Waals surface area contributed by atoms with Crippen LogP contribution in [0.15, 0.2) is 24.3 Å². The van der Waals surface area contributed by atoms with Crippen LogP contribution in [-0.4, -0.2) is 16.3 Å². The molecule has 6 N–H and O–H groups in total. The number of aliphatic hydroxyl groups is 1. The Morgan fingerprint density at radius 3 is 2.79 bits per heavy atom.